The maximum Gasteiger partial charge on any atom is 0.239 e. The summed E-state index contributed by atoms with van der Waals surface area (Å²) in [6.45, 7) is 1.08. The van der Waals surface area contributed by atoms with Crippen LogP contribution in [0.5, 0.6) is 0 Å². The number of nitrogens with one attached hydrogen (secondary N) is 2. The molecule has 0 bridgehead atoms. The topological polar surface area (TPSA) is 196 Å². The van der Waals surface area contributed by atoms with Gasteiger partial charge in [-0.05, 0) is 77.3 Å². The molecule has 0 spiro atoms. The molecule has 0 aromatic heterocycles. The molecule has 0 saturated carbocycles. The van der Waals surface area contributed by atoms with Crippen LogP contribution < -0.4 is 33.6 Å². The van der Waals surface area contributed by atoms with Gasteiger partial charge < -0.3 is 33.6 Å². The van der Waals surface area contributed by atoms with Gasteiger partial charge in [-0.2, -0.15) is 0 Å². The van der Waals surface area contributed by atoms with Crippen molar-refractivity contribution in [3.8, 4) is 0 Å². The van der Waals surface area contributed by atoms with Gasteiger partial charge in [-0.3, -0.25) is 19.2 Å². The smallest absolute Gasteiger partial charge is 0.239 e. The Kier molecular flexibility index (Phi) is 17.8. The molecule has 0 aromatic rings. The lowest BCUT2D eigenvalue weighted by atomic mass is 10.1. The van der Waals surface area contributed by atoms with Gasteiger partial charge in [0.05, 0.1) is 0 Å². The average molecular weight is 455 g/mol. The molecule has 0 saturated heterocycles. The predicted molar refractivity (Wildman–Crippen MR) is 125 cm³/mol. The number of unbranched alkanes of at least 4 members (excludes halogenated alkanes) is 4. The quantitative estimate of drug-likeness (QED) is 0.111. The molecule has 32 heavy (non-hydrogen) atoms. The normalized spacial score (nSPS) is 12.9. The molecule has 0 aliphatic heterocycles. The van der Waals surface area contributed by atoms with Gasteiger partial charge in [-0.1, -0.05) is 12.2 Å². The highest BCUT2D eigenvalue weighted by Gasteiger charge is 2.18. The van der Waals surface area contributed by atoms with Crippen LogP contribution in [0, 0.1) is 0 Å². The van der Waals surface area contributed by atoms with Crippen molar-refractivity contribution in [2.24, 2.45) is 22.9 Å². The molecular weight excluding hydrogens is 412 g/mol. The van der Waals surface area contributed by atoms with Crippen LogP contribution in [0.4, 0.5) is 0 Å². The van der Waals surface area contributed by atoms with Crippen molar-refractivity contribution in [1.29, 1.82) is 0 Å². The van der Waals surface area contributed by atoms with Crippen molar-refractivity contribution in [3.05, 3.63) is 12.2 Å². The Hall–Kier alpha value is -2.46. The summed E-state index contributed by atoms with van der Waals surface area (Å²) >= 11 is 0. The van der Waals surface area contributed by atoms with Gasteiger partial charge in [0.25, 0.3) is 0 Å². The molecule has 0 aromatic carbocycles. The van der Waals surface area contributed by atoms with Crippen LogP contribution in [0.15, 0.2) is 12.2 Å². The second-order valence-corrected chi connectivity index (χ2v) is 7.87. The van der Waals surface area contributed by atoms with Gasteiger partial charge >= 0.3 is 0 Å². The van der Waals surface area contributed by atoms with E-state index in [-0.39, 0.29) is 11.8 Å². The minimum atomic E-state index is -0.648. The number of allylic oxidation sites excluding steroid dienone is 2. The summed E-state index contributed by atoms with van der Waals surface area (Å²) in [5.74, 6) is -1.45. The van der Waals surface area contributed by atoms with Crippen LogP contribution in [0.3, 0.4) is 0 Å². The molecule has 10 heteroatoms. The van der Waals surface area contributed by atoms with Gasteiger partial charge in [0, 0.05) is 12.8 Å². The fourth-order valence-corrected chi connectivity index (χ4v) is 3.09. The second-order valence-electron chi connectivity index (χ2n) is 7.87. The fourth-order valence-electron chi connectivity index (χ4n) is 3.09. The van der Waals surface area contributed by atoms with Crippen molar-refractivity contribution in [2.45, 2.75) is 89.1 Å². The van der Waals surface area contributed by atoms with Crippen molar-refractivity contribution in [2.75, 3.05) is 13.1 Å². The molecule has 2 atom stereocenters. The summed E-state index contributed by atoms with van der Waals surface area (Å²) in [6.07, 6.45) is 11.4. The standard InChI is InChI=1S/C22H42N6O4/c23-15-9-7-11-17(21(25)31)27-19(29)13-5-3-1-2-4-6-14-20(30)28-18(22(26)32)12-8-10-16-24/h1-2,17-18H,3-16,23-24H2,(H2,25,31)(H2,26,32)(H,27,29)(H,28,30)/b2-1+/t17-,18-/m0/s1. The highest BCUT2D eigenvalue weighted by Crippen LogP contribution is 2.05. The van der Waals surface area contributed by atoms with Gasteiger partial charge in [-0.25, -0.2) is 0 Å². The van der Waals surface area contributed by atoms with Crippen LogP contribution in [0.25, 0.3) is 0 Å². The molecule has 0 heterocycles. The van der Waals surface area contributed by atoms with E-state index < -0.39 is 23.9 Å². The number of rotatable bonds is 20. The molecule has 4 amide bonds. The first kappa shape index (κ1) is 29.5. The molecular formula is C22H42N6O4. The molecule has 0 aliphatic carbocycles. The highest BCUT2D eigenvalue weighted by molar-refractivity contribution is 5.87. The van der Waals surface area contributed by atoms with Crippen molar-refractivity contribution in [1.82, 2.24) is 10.6 Å². The lowest BCUT2D eigenvalue weighted by molar-refractivity contribution is -0.127. The number of amides is 4. The van der Waals surface area contributed by atoms with E-state index in [1.54, 1.807) is 0 Å². The summed E-state index contributed by atoms with van der Waals surface area (Å²) in [5, 5.41) is 5.35. The zero-order valence-corrected chi connectivity index (χ0v) is 19.2. The first-order chi connectivity index (χ1) is 15.3. The van der Waals surface area contributed by atoms with Gasteiger partial charge in [0.1, 0.15) is 12.1 Å². The third kappa shape index (κ3) is 16.3. The molecule has 10 nitrogen and oxygen atoms in total. The lowest BCUT2D eigenvalue weighted by Gasteiger charge is -2.15. The van der Waals surface area contributed by atoms with Crippen molar-refractivity contribution < 1.29 is 19.2 Å². The van der Waals surface area contributed by atoms with E-state index in [9.17, 15) is 19.2 Å². The maximum absolute atomic E-state index is 12.0. The monoisotopic (exact) mass is 454 g/mol. The SMILES string of the molecule is NCCCC[C@H](NC(=O)CCC/C=C/CCCC(=O)N[C@@H](CCCCN)C(N)=O)C(N)=O. The average Bonchev–Trinajstić information content (AvgIpc) is 2.74. The number of primary amides is 2. The molecule has 0 rings (SSSR count). The van der Waals surface area contributed by atoms with E-state index in [0.29, 0.717) is 51.6 Å². The summed E-state index contributed by atoms with van der Waals surface area (Å²) in [7, 11) is 0. The van der Waals surface area contributed by atoms with Crippen LogP contribution in [0.2, 0.25) is 0 Å². The Morgan fingerprint density at radius 1 is 0.625 bits per heavy atom. The van der Waals surface area contributed by atoms with E-state index >= 15 is 0 Å². The summed E-state index contributed by atoms with van der Waals surface area (Å²) in [4.78, 5) is 46.8. The number of nitrogens with two attached hydrogens (primary N) is 4. The lowest BCUT2D eigenvalue weighted by Crippen LogP contribution is -2.44. The number of carbonyl (C=O) groups excluding carboxylic acids is 4. The number of carbonyl (C=O) groups is 4. The third-order valence-electron chi connectivity index (χ3n) is 4.97. The first-order valence-electron chi connectivity index (χ1n) is 11.5. The van der Waals surface area contributed by atoms with Crippen LogP contribution in [0.1, 0.15) is 77.0 Å². The molecule has 184 valence electrons. The van der Waals surface area contributed by atoms with Gasteiger partial charge in [-0.15, -0.1) is 0 Å². The van der Waals surface area contributed by atoms with E-state index in [1.807, 2.05) is 12.2 Å². The van der Waals surface area contributed by atoms with E-state index in [1.165, 1.54) is 0 Å². The van der Waals surface area contributed by atoms with Crippen molar-refractivity contribution in [3.63, 3.8) is 0 Å². The highest BCUT2D eigenvalue weighted by atomic mass is 16.2. The van der Waals surface area contributed by atoms with E-state index in [2.05, 4.69) is 10.6 Å². The maximum atomic E-state index is 12.0. The van der Waals surface area contributed by atoms with Crippen LogP contribution >= 0.6 is 0 Å². The van der Waals surface area contributed by atoms with Crippen molar-refractivity contribution >= 4 is 23.6 Å². The Morgan fingerprint density at radius 2 is 1.00 bits per heavy atom. The Bertz CT molecular complexity index is 547. The molecule has 0 fully saturated rings. The second kappa shape index (κ2) is 19.2. The predicted octanol–water partition coefficient (Wildman–Crippen LogP) is 0.0814. The molecule has 0 radical (unpaired) electrons. The Labute approximate surface area is 191 Å². The summed E-state index contributed by atoms with van der Waals surface area (Å²) < 4.78 is 0. The zero-order valence-electron chi connectivity index (χ0n) is 19.2. The summed E-state index contributed by atoms with van der Waals surface area (Å²) in [5.41, 5.74) is 21.5. The van der Waals surface area contributed by atoms with E-state index in [4.69, 9.17) is 22.9 Å². The molecule has 0 unspecified atom stereocenters. The zero-order chi connectivity index (χ0) is 24.2. The largest absolute Gasteiger partial charge is 0.368 e. The fraction of sp³-hybridized carbons (Fsp3) is 0.727. The molecule has 0 aliphatic rings. The number of hydrogen-bond donors (Lipinski definition) is 6. The van der Waals surface area contributed by atoms with Gasteiger partial charge in [0.15, 0.2) is 0 Å². The molecule has 10 N–H and O–H groups in total. The number of hydrogen-bond acceptors (Lipinski definition) is 6. The first-order valence-corrected chi connectivity index (χ1v) is 11.5. The minimum absolute atomic E-state index is 0.193. The van der Waals surface area contributed by atoms with Gasteiger partial charge in [0.2, 0.25) is 23.6 Å². The Morgan fingerprint density at radius 3 is 1.31 bits per heavy atom. The van der Waals surface area contributed by atoms with Crippen LogP contribution in [-0.2, 0) is 19.2 Å². The van der Waals surface area contributed by atoms with Crippen LogP contribution in [-0.4, -0.2) is 48.8 Å². The third-order valence-corrected chi connectivity index (χ3v) is 4.97. The Balaban J connectivity index is 3.96. The summed E-state index contributed by atoms with van der Waals surface area (Å²) in [6, 6.07) is -1.30. The minimum Gasteiger partial charge on any atom is -0.368 e. The van der Waals surface area contributed by atoms with E-state index in [0.717, 1.165) is 38.5 Å².